The second-order valence-corrected chi connectivity index (χ2v) is 11.7. The van der Waals surface area contributed by atoms with Gasteiger partial charge in [-0.25, -0.2) is 0 Å². The first kappa shape index (κ1) is 14.7. The van der Waals surface area contributed by atoms with Crippen LogP contribution in [-0.2, 0) is 0 Å². The van der Waals surface area contributed by atoms with Crippen molar-refractivity contribution in [1.29, 1.82) is 0 Å². The maximum atomic E-state index is 10.0. The van der Waals surface area contributed by atoms with Gasteiger partial charge < -0.3 is 0 Å². The topological polar surface area (TPSA) is 80.9 Å². The third kappa shape index (κ3) is 4.06. The molecule has 4 N–H and O–H groups in total. The second-order valence-electron chi connectivity index (χ2n) is 3.76. The van der Waals surface area contributed by atoms with Crippen molar-refractivity contribution in [2.24, 2.45) is 0 Å². The summed E-state index contributed by atoms with van der Waals surface area (Å²) in [6.07, 6.45) is 3.23. The zero-order valence-corrected chi connectivity index (χ0v) is 10.7. The Morgan fingerprint density at radius 1 is 0.929 bits per heavy atom. The van der Waals surface area contributed by atoms with Gasteiger partial charge in [-0.3, -0.25) is 0 Å². The van der Waals surface area contributed by atoms with E-state index in [9.17, 15) is 9.79 Å². The van der Waals surface area contributed by atoms with E-state index in [1.807, 2.05) is 13.8 Å². The molecule has 0 aromatic heterocycles. The predicted molar refractivity (Wildman–Crippen MR) is 62.3 cm³/mol. The summed E-state index contributed by atoms with van der Waals surface area (Å²) >= 11 is 0. The van der Waals surface area contributed by atoms with Gasteiger partial charge in [-0.05, 0) is 0 Å². The number of hydrogen-bond acceptors (Lipinski definition) is 4. The molecule has 0 amide bonds. The quantitative estimate of drug-likeness (QED) is 0.517. The minimum atomic E-state index is -4.16. The molecule has 0 rings (SSSR count). The predicted octanol–water partition coefficient (Wildman–Crippen LogP) is 2.17. The van der Waals surface area contributed by atoms with E-state index in [1.165, 1.54) is 0 Å². The fraction of sp³-hybridized carbons (Fsp3) is 1.00. The molecule has 0 saturated carbocycles. The molecule has 0 fully saturated rings. The number of unbranched alkanes of at least 4 members (excludes halogenated alkanes) is 2. The van der Waals surface area contributed by atoms with E-state index in [0.717, 1.165) is 12.8 Å². The van der Waals surface area contributed by atoms with Gasteiger partial charge in [0.25, 0.3) is 0 Å². The van der Waals surface area contributed by atoms with E-state index in [1.54, 1.807) is 0 Å². The van der Waals surface area contributed by atoms with Crippen molar-refractivity contribution in [3.05, 3.63) is 0 Å². The summed E-state index contributed by atoms with van der Waals surface area (Å²) in [6.45, 7) is -0.288. The summed E-state index contributed by atoms with van der Waals surface area (Å²) in [6, 6.07) is 0. The Bertz CT molecular complexity index is 161. The molecule has 0 unspecified atom stereocenters. The Hall–Kier alpha value is 0.700. The molecule has 0 bridgehead atoms. The van der Waals surface area contributed by atoms with Crippen LogP contribution in [0.15, 0.2) is 0 Å². The van der Waals surface area contributed by atoms with Crippen molar-refractivity contribution in [2.75, 3.05) is 12.3 Å². The van der Waals surface area contributed by atoms with Crippen LogP contribution in [0.1, 0.15) is 39.5 Å². The van der Waals surface area contributed by atoms with Crippen molar-refractivity contribution in [1.82, 2.24) is 0 Å². The van der Waals surface area contributed by atoms with Crippen molar-refractivity contribution in [3.63, 3.8) is 0 Å². The Labute approximate surface area is 86.9 Å². The van der Waals surface area contributed by atoms with Crippen LogP contribution in [0, 0.1) is 0 Å². The average Bonchev–Trinajstić information content (AvgIpc) is 2.12. The van der Waals surface area contributed by atoms with E-state index in [0.29, 0.717) is 12.8 Å². The summed E-state index contributed by atoms with van der Waals surface area (Å²) in [5.41, 5.74) is 0. The molecule has 0 saturated heterocycles. The van der Waals surface area contributed by atoms with Gasteiger partial charge in [0, 0.05) is 0 Å². The molecule has 0 heterocycles. The molecular formula is C8H22O4P2. The number of rotatable bonds is 7. The van der Waals surface area contributed by atoms with Gasteiger partial charge in [-0.2, -0.15) is 0 Å². The van der Waals surface area contributed by atoms with Crippen LogP contribution >= 0.6 is 14.8 Å². The third-order valence-electron chi connectivity index (χ3n) is 2.35. The molecule has 4 nitrogen and oxygen atoms in total. The van der Waals surface area contributed by atoms with Gasteiger partial charge in [0.05, 0.1) is 0 Å². The molecule has 14 heavy (non-hydrogen) atoms. The average molecular weight is 244 g/mol. The summed E-state index contributed by atoms with van der Waals surface area (Å²) in [7, 11) is -2.61. The summed E-state index contributed by atoms with van der Waals surface area (Å²) in [4.78, 5) is 38.4. The van der Waals surface area contributed by atoms with E-state index >= 15 is 0 Å². The summed E-state index contributed by atoms with van der Waals surface area (Å²) in [5, 5.41) is 0. The molecule has 6 heteroatoms. The fourth-order valence-corrected chi connectivity index (χ4v) is 5.69. The Balaban J connectivity index is 4.47. The number of hydrogen-bond donors (Lipinski definition) is 4. The van der Waals surface area contributed by atoms with Crippen LogP contribution in [0.4, 0.5) is 0 Å². The Kier molecular flexibility index (Phi) is 5.98. The van der Waals surface area contributed by atoms with Gasteiger partial charge >= 0.3 is 86.2 Å². The molecule has 0 aliphatic rings. The van der Waals surface area contributed by atoms with Crippen molar-refractivity contribution >= 4 is 14.8 Å². The summed E-state index contributed by atoms with van der Waals surface area (Å²) in [5.74, 6) is 0. The molecule has 0 aromatic carbocycles. The molecule has 0 radical (unpaired) electrons. The fourth-order valence-electron chi connectivity index (χ4n) is 1.25. The van der Waals surface area contributed by atoms with Crippen LogP contribution in [0.5, 0.6) is 0 Å². The van der Waals surface area contributed by atoms with Crippen molar-refractivity contribution in [3.8, 4) is 0 Å². The first-order valence-corrected chi connectivity index (χ1v) is 9.51. The SMILES string of the molecule is CCCCP(O)(O)(CCCC)P(O)O. The van der Waals surface area contributed by atoms with Crippen LogP contribution in [0.3, 0.4) is 0 Å². The van der Waals surface area contributed by atoms with E-state index in [2.05, 4.69) is 0 Å². The molecule has 0 spiro atoms. The standard InChI is InChI=1S/C8H22O4P2/c1-3-5-7-14(11,12,13(9)10)8-6-4-2/h9-12H,3-8H2,1-2H3. The molecule has 0 atom stereocenters. The van der Waals surface area contributed by atoms with Gasteiger partial charge in [-0.15, -0.1) is 0 Å². The van der Waals surface area contributed by atoms with Crippen LogP contribution in [-0.4, -0.2) is 31.9 Å². The normalized spacial score (nSPS) is 15.5. The van der Waals surface area contributed by atoms with Crippen LogP contribution < -0.4 is 0 Å². The van der Waals surface area contributed by atoms with E-state index in [4.69, 9.17) is 9.79 Å². The van der Waals surface area contributed by atoms with Crippen LogP contribution in [0.2, 0.25) is 0 Å². The van der Waals surface area contributed by atoms with Gasteiger partial charge in [0.15, 0.2) is 0 Å². The third-order valence-corrected chi connectivity index (χ3v) is 9.32. The Morgan fingerprint density at radius 3 is 1.50 bits per heavy atom. The minimum absolute atomic E-state index is 0.154. The summed E-state index contributed by atoms with van der Waals surface area (Å²) < 4.78 is 0. The molecule has 0 aliphatic heterocycles. The van der Waals surface area contributed by atoms with Gasteiger partial charge in [0.2, 0.25) is 0 Å². The van der Waals surface area contributed by atoms with Crippen molar-refractivity contribution < 1.29 is 19.6 Å². The molecule has 88 valence electrons. The zero-order chi connectivity index (χ0) is 11.3. The second kappa shape index (κ2) is 5.69. The zero-order valence-electron chi connectivity index (χ0n) is 8.93. The van der Waals surface area contributed by atoms with E-state index < -0.39 is 14.8 Å². The van der Waals surface area contributed by atoms with Crippen molar-refractivity contribution in [2.45, 2.75) is 39.5 Å². The first-order chi connectivity index (χ1) is 6.35. The van der Waals surface area contributed by atoms with Gasteiger partial charge in [0.1, 0.15) is 0 Å². The first-order valence-electron chi connectivity index (χ1n) is 5.05. The maximum absolute atomic E-state index is 10.0. The monoisotopic (exact) mass is 244 g/mol. The van der Waals surface area contributed by atoms with Crippen LogP contribution in [0.25, 0.3) is 0 Å². The van der Waals surface area contributed by atoms with E-state index in [-0.39, 0.29) is 12.3 Å². The molecule has 0 aliphatic carbocycles. The Morgan fingerprint density at radius 2 is 1.29 bits per heavy atom. The molecular weight excluding hydrogens is 222 g/mol. The molecule has 0 aromatic rings. The van der Waals surface area contributed by atoms with Gasteiger partial charge in [-0.1, -0.05) is 0 Å².